The Morgan fingerprint density at radius 1 is 1.35 bits per heavy atom. The maximum atomic E-state index is 10.8. The topological polar surface area (TPSA) is 81.8 Å². The van der Waals surface area contributed by atoms with Crippen LogP contribution >= 0.6 is 0 Å². The maximum absolute atomic E-state index is 10.8. The molecule has 3 atom stereocenters. The number of aliphatic hydroxyl groups excluding tert-OH is 1. The standard InChI is InChI=1S/C12H21NO4/c13-9(6-8-4-2-1-3-5-8)11(14)10-7-16-12(15)17-10/h8-11,14H,1-7,13H2/t9-,10?,11+/m0/s1. The van der Waals surface area contributed by atoms with Gasteiger partial charge in [0.05, 0.1) is 0 Å². The summed E-state index contributed by atoms with van der Waals surface area (Å²) >= 11 is 0. The molecule has 0 aromatic heterocycles. The minimum atomic E-state index is -0.816. The van der Waals surface area contributed by atoms with E-state index in [2.05, 4.69) is 4.74 Å². The summed E-state index contributed by atoms with van der Waals surface area (Å²) in [5.74, 6) is 0.603. The summed E-state index contributed by atoms with van der Waals surface area (Å²) in [6, 6.07) is -0.336. The minimum absolute atomic E-state index is 0.109. The van der Waals surface area contributed by atoms with Crippen LogP contribution in [0.1, 0.15) is 38.5 Å². The summed E-state index contributed by atoms with van der Waals surface area (Å²) in [6.45, 7) is 0.109. The van der Waals surface area contributed by atoms with Gasteiger partial charge in [-0.05, 0) is 12.3 Å². The molecule has 1 heterocycles. The van der Waals surface area contributed by atoms with Crippen molar-refractivity contribution in [1.82, 2.24) is 0 Å². The second-order valence-electron chi connectivity index (χ2n) is 5.11. The van der Waals surface area contributed by atoms with Gasteiger partial charge in [0.15, 0.2) is 6.10 Å². The van der Waals surface area contributed by atoms with E-state index in [1.54, 1.807) is 0 Å². The van der Waals surface area contributed by atoms with Crippen LogP contribution in [0.4, 0.5) is 4.79 Å². The molecule has 5 nitrogen and oxygen atoms in total. The number of cyclic esters (lactones) is 2. The second kappa shape index (κ2) is 5.69. The lowest BCUT2D eigenvalue weighted by Crippen LogP contribution is -2.45. The highest BCUT2D eigenvalue weighted by Crippen LogP contribution is 2.28. The number of carbonyl (C=O) groups excluding carboxylic acids is 1. The molecule has 2 aliphatic rings. The molecule has 1 aliphatic carbocycles. The second-order valence-corrected chi connectivity index (χ2v) is 5.11. The van der Waals surface area contributed by atoms with Crippen molar-refractivity contribution < 1.29 is 19.4 Å². The quantitative estimate of drug-likeness (QED) is 0.724. The molecule has 17 heavy (non-hydrogen) atoms. The SMILES string of the molecule is N[C@@H](CC1CCCCC1)[C@@H](O)C1COC(=O)O1. The number of rotatable bonds is 4. The van der Waals surface area contributed by atoms with E-state index in [4.69, 9.17) is 10.5 Å². The Labute approximate surface area is 101 Å². The molecular weight excluding hydrogens is 222 g/mol. The van der Waals surface area contributed by atoms with E-state index >= 15 is 0 Å². The third-order valence-electron chi connectivity index (χ3n) is 3.76. The molecule has 5 heteroatoms. The predicted molar refractivity (Wildman–Crippen MR) is 61.4 cm³/mol. The monoisotopic (exact) mass is 243 g/mol. The average molecular weight is 243 g/mol. The van der Waals surface area contributed by atoms with Crippen LogP contribution in [0.5, 0.6) is 0 Å². The van der Waals surface area contributed by atoms with Crippen LogP contribution < -0.4 is 5.73 Å². The minimum Gasteiger partial charge on any atom is -0.430 e. The van der Waals surface area contributed by atoms with E-state index in [0.717, 1.165) is 6.42 Å². The highest BCUT2D eigenvalue weighted by molar-refractivity contribution is 5.61. The van der Waals surface area contributed by atoms with Gasteiger partial charge in [-0.25, -0.2) is 4.79 Å². The maximum Gasteiger partial charge on any atom is 0.508 e. The van der Waals surface area contributed by atoms with E-state index in [0.29, 0.717) is 5.92 Å². The van der Waals surface area contributed by atoms with Gasteiger partial charge < -0.3 is 20.3 Å². The first-order valence-corrected chi connectivity index (χ1v) is 6.44. The van der Waals surface area contributed by atoms with Crippen molar-refractivity contribution in [3.05, 3.63) is 0 Å². The predicted octanol–water partition coefficient (Wildman–Crippen LogP) is 1.18. The van der Waals surface area contributed by atoms with Crippen molar-refractivity contribution in [3.63, 3.8) is 0 Å². The molecule has 2 rings (SSSR count). The van der Waals surface area contributed by atoms with Gasteiger partial charge in [0.1, 0.15) is 12.7 Å². The molecule has 0 aromatic rings. The van der Waals surface area contributed by atoms with E-state index in [1.807, 2.05) is 0 Å². The third-order valence-corrected chi connectivity index (χ3v) is 3.76. The fourth-order valence-corrected chi connectivity index (χ4v) is 2.73. The molecule has 98 valence electrons. The Balaban J connectivity index is 1.77. The first-order chi connectivity index (χ1) is 8.16. The van der Waals surface area contributed by atoms with Gasteiger partial charge in [-0.2, -0.15) is 0 Å². The van der Waals surface area contributed by atoms with Crippen molar-refractivity contribution in [2.24, 2.45) is 11.7 Å². The van der Waals surface area contributed by atoms with Crippen LogP contribution in [-0.4, -0.2) is 36.1 Å². The fourth-order valence-electron chi connectivity index (χ4n) is 2.73. The molecule has 0 radical (unpaired) electrons. The van der Waals surface area contributed by atoms with Gasteiger partial charge in [0.25, 0.3) is 0 Å². The molecule has 2 fully saturated rings. The first-order valence-electron chi connectivity index (χ1n) is 6.44. The van der Waals surface area contributed by atoms with Crippen LogP contribution in [0, 0.1) is 5.92 Å². The number of carbonyl (C=O) groups is 1. The van der Waals surface area contributed by atoms with Gasteiger partial charge in [-0.15, -0.1) is 0 Å². The Morgan fingerprint density at radius 3 is 2.65 bits per heavy atom. The Bertz CT molecular complexity index is 265. The molecule has 1 saturated carbocycles. The fraction of sp³-hybridized carbons (Fsp3) is 0.917. The summed E-state index contributed by atoms with van der Waals surface area (Å²) in [6.07, 6.45) is 4.90. The van der Waals surface area contributed by atoms with Crippen LogP contribution in [0.2, 0.25) is 0 Å². The molecule has 1 aliphatic heterocycles. The zero-order chi connectivity index (χ0) is 12.3. The zero-order valence-corrected chi connectivity index (χ0v) is 10.0. The molecule has 3 N–H and O–H groups in total. The first kappa shape index (κ1) is 12.6. The summed E-state index contributed by atoms with van der Waals surface area (Å²) in [7, 11) is 0. The van der Waals surface area contributed by atoms with Crippen LogP contribution in [0.25, 0.3) is 0 Å². The molecule has 1 saturated heterocycles. The summed E-state index contributed by atoms with van der Waals surface area (Å²) in [4.78, 5) is 10.8. The molecule has 0 bridgehead atoms. The number of ether oxygens (including phenoxy) is 2. The van der Waals surface area contributed by atoms with Gasteiger partial charge in [0.2, 0.25) is 0 Å². The number of aliphatic hydroxyl groups is 1. The lowest BCUT2D eigenvalue weighted by Gasteiger charge is -2.28. The highest BCUT2D eigenvalue weighted by atomic mass is 16.8. The lowest BCUT2D eigenvalue weighted by atomic mass is 9.83. The van der Waals surface area contributed by atoms with E-state index in [-0.39, 0.29) is 12.6 Å². The molecule has 1 unspecified atom stereocenters. The number of hydrogen-bond acceptors (Lipinski definition) is 5. The summed E-state index contributed by atoms with van der Waals surface area (Å²) in [5, 5.41) is 9.98. The van der Waals surface area contributed by atoms with Crippen molar-refractivity contribution in [1.29, 1.82) is 0 Å². The molecule has 0 amide bonds. The number of nitrogens with two attached hydrogens (primary N) is 1. The highest BCUT2D eigenvalue weighted by Gasteiger charge is 2.35. The van der Waals surface area contributed by atoms with Crippen molar-refractivity contribution in [2.45, 2.75) is 56.8 Å². The summed E-state index contributed by atoms with van der Waals surface area (Å²) < 4.78 is 9.49. The van der Waals surface area contributed by atoms with Crippen LogP contribution in [0.15, 0.2) is 0 Å². The summed E-state index contributed by atoms with van der Waals surface area (Å²) in [5.41, 5.74) is 5.98. The van der Waals surface area contributed by atoms with E-state index < -0.39 is 18.4 Å². The molecule has 0 spiro atoms. The third kappa shape index (κ3) is 3.33. The van der Waals surface area contributed by atoms with Crippen molar-refractivity contribution in [3.8, 4) is 0 Å². The van der Waals surface area contributed by atoms with Crippen LogP contribution in [0.3, 0.4) is 0 Å². The van der Waals surface area contributed by atoms with Gasteiger partial charge >= 0.3 is 6.16 Å². The largest absolute Gasteiger partial charge is 0.508 e. The Kier molecular flexibility index (Phi) is 4.23. The van der Waals surface area contributed by atoms with Gasteiger partial charge in [0, 0.05) is 6.04 Å². The zero-order valence-electron chi connectivity index (χ0n) is 10.0. The van der Waals surface area contributed by atoms with Gasteiger partial charge in [-0.1, -0.05) is 32.1 Å². The van der Waals surface area contributed by atoms with E-state index in [9.17, 15) is 9.90 Å². The number of hydrogen-bond donors (Lipinski definition) is 2. The van der Waals surface area contributed by atoms with E-state index in [1.165, 1.54) is 32.1 Å². The lowest BCUT2D eigenvalue weighted by molar-refractivity contribution is 0.0119. The normalized spacial score (nSPS) is 29.5. The molecular formula is C12H21NO4. The molecule has 0 aromatic carbocycles. The van der Waals surface area contributed by atoms with Gasteiger partial charge in [-0.3, -0.25) is 0 Å². The Morgan fingerprint density at radius 2 is 2.06 bits per heavy atom. The van der Waals surface area contributed by atoms with Crippen LogP contribution in [-0.2, 0) is 9.47 Å². The Hall–Kier alpha value is -0.810. The average Bonchev–Trinajstić information content (AvgIpc) is 2.76. The van der Waals surface area contributed by atoms with Crippen molar-refractivity contribution >= 4 is 6.16 Å². The smallest absolute Gasteiger partial charge is 0.430 e. The van der Waals surface area contributed by atoms with Crippen molar-refractivity contribution in [2.75, 3.05) is 6.61 Å².